The standard InChI is InChI=1S/C17H26N2O2/c1-16(2,3)21-15(20)18-17(4)10-11-19(13-17)12-14-8-6-5-7-9-14/h5-9H,10-13H2,1-4H3,(H,18,20)/t17-/m0/s1. The van der Waals surface area contributed by atoms with Crippen LogP contribution in [-0.4, -0.2) is 35.2 Å². The molecule has 1 N–H and O–H groups in total. The fourth-order valence-corrected chi connectivity index (χ4v) is 2.69. The quantitative estimate of drug-likeness (QED) is 0.929. The van der Waals surface area contributed by atoms with Crippen LogP contribution in [0, 0.1) is 0 Å². The minimum atomic E-state index is -0.456. The second-order valence-electron chi connectivity index (χ2n) is 7.13. The lowest BCUT2D eigenvalue weighted by molar-refractivity contribution is 0.0467. The lowest BCUT2D eigenvalue weighted by Gasteiger charge is -2.28. The third kappa shape index (κ3) is 5.05. The highest BCUT2D eigenvalue weighted by atomic mass is 16.6. The van der Waals surface area contributed by atoms with Gasteiger partial charge in [-0.1, -0.05) is 30.3 Å². The molecule has 0 spiro atoms. The highest BCUT2D eigenvalue weighted by Crippen LogP contribution is 2.23. The van der Waals surface area contributed by atoms with Crippen LogP contribution in [0.4, 0.5) is 4.79 Å². The highest BCUT2D eigenvalue weighted by molar-refractivity contribution is 5.68. The van der Waals surface area contributed by atoms with E-state index in [1.807, 2.05) is 26.8 Å². The van der Waals surface area contributed by atoms with E-state index in [0.29, 0.717) is 0 Å². The van der Waals surface area contributed by atoms with Gasteiger partial charge in [0, 0.05) is 19.6 Å². The summed E-state index contributed by atoms with van der Waals surface area (Å²) in [6.07, 6.45) is 0.616. The summed E-state index contributed by atoms with van der Waals surface area (Å²) < 4.78 is 5.35. The topological polar surface area (TPSA) is 41.6 Å². The molecule has 0 aliphatic carbocycles. The molecule has 4 nitrogen and oxygen atoms in total. The number of ether oxygens (including phenoxy) is 1. The number of alkyl carbamates (subject to hydrolysis) is 1. The molecule has 1 atom stereocenters. The van der Waals surface area contributed by atoms with Crippen LogP contribution in [0.2, 0.25) is 0 Å². The van der Waals surface area contributed by atoms with Gasteiger partial charge in [-0.2, -0.15) is 0 Å². The average Bonchev–Trinajstić information content (AvgIpc) is 2.69. The predicted octanol–water partition coefficient (Wildman–Crippen LogP) is 3.18. The first-order valence-electron chi connectivity index (χ1n) is 7.53. The SMILES string of the molecule is CC(C)(C)OC(=O)N[C@@]1(C)CCN(Cc2ccccc2)C1. The monoisotopic (exact) mass is 290 g/mol. The maximum atomic E-state index is 11.9. The van der Waals surface area contributed by atoms with E-state index in [9.17, 15) is 4.79 Å². The van der Waals surface area contributed by atoms with Crippen molar-refractivity contribution in [2.45, 2.75) is 51.8 Å². The fraction of sp³-hybridized carbons (Fsp3) is 0.588. The van der Waals surface area contributed by atoms with Gasteiger partial charge in [-0.05, 0) is 39.7 Å². The van der Waals surface area contributed by atoms with Gasteiger partial charge < -0.3 is 10.1 Å². The van der Waals surface area contributed by atoms with Gasteiger partial charge in [-0.3, -0.25) is 4.90 Å². The number of carbonyl (C=O) groups is 1. The first-order valence-corrected chi connectivity index (χ1v) is 7.53. The van der Waals surface area contributed by atoms with Crippen molar-refractivity contribution >= 4 is 6.09 Å². The van der Waals surface area contributed by atoms with Crippen LogP contribution < -0.4 is 5.32 Å². The van der Waals surface area contributed by atoms with Crippen molar-refractivity contribution in [1.82, 2.24) is 10.2 Å². The Balaban J connectivity index is 1.87. The zero-order valence-corrected chi connectivity index (χ0v) is 13.5. The Bertz CT molecular complexity index is 481. The van der Waals surface area contributed by atoms with E-state index in [4.69, 9.17) is 4.74 Å². The molecule has 21 heavy (non-hydrogen) atoms. The molecule has 1 aromatic carbocycles. The van der Waals surface area contributed by atoms with E-state index in [1.165, 1.54) is 5.56 Å². The van der Waals surface area contributed by atoms with Crippen molar-refractivity contribution in [3.05, 3.63) is 35.9 Å². The molecule has 0 radical (unpaired) electrons. The Kier molecular flexibility index (Phi) is 4.57. The summed E-state index contributed by atoms with van der Waals surface area (Å²) in [5, 5.41) is 3.02. The number of rotatable bonds is 3. The summed E-state index contributed by atoms with van der Waals surface area (Å²) in [5.74, 6) is 0. The zero-order chi connectivity index (χ0) is 15.5. The van der Waals surface area contributed by atoms with Gasteiger partial charge in [-0.25, -0.2) is 4.79 Å². The van der Waals surface area contributed by atoms with Gasteiger partial charge in [0.15, 0.2) is 0 Å². The Morgan fingerprint density at radius 3 is 2.62 bits per heavy atom. The number of benzene rings is 1. The summed E-state index contributed by atoms with van der Waals surface area (Å²) in [7, 11) is 0. The van der Waals surface area contributed by atoms with Crippen LogP contribution in [-0.2, 0) is 11.3 Å². The maximum absolute atomic E-state index is 11.9. The molecule has 1 aliphatic heterocycles. The van der Waals surface area contributed by atoms with E-state index in [-0.39, 0.29) is 11.6 Å². The van der Waals surface area contributed by atoms with Crippen molar-refractivity contribution in [2.75, 3.05) is 13.1 Å². The highest BCUT2D eigenvalue weighted by Gasteiger charge is 2.36. The molecule has 0 saturated carbocycles. The molecule has 116 valence electrons. The summed E-state index contributed by atoms with van der Waals surface area (Å²) in [6, 6.07) is 10.4. The third-order valence-electron chi connectivity index (χ3n) is 3.60. The predicted molar refractivity (Wildman–Crippen MR) is 84.1 cm³/mol. The van der Waals surface area contributed by atoms with Crippen molar-refractivity contribution in [1.29, 1.82) is 0 Å². The second-order valence-corrected chi connectivity index (χ2v) is 7.13. The van der Waals surface area contributed by atoms with Crippen LogP contribution in [0.1, 0.15) is 39.7 Å². The number of amides is 1. The number of carbonyl (C=O) groups excluding carboxylic acids is 1. The molecule has 0 bridgehead atoms. The van der Waals surface area contributed by atoms with Crippen molar-refractivity contribution in [3.8, 4) is 0 Å². The average molecular weight is 290 g/mol. The van der Waals surface area contributed by atoms with Crippen LogP contribution in [0.15, 0.2) is 30.3 Å². The second kappa shape index (κ2) is 6.06. The summed E-state index contributed by atoms with van der Waals surface area (Å²) in [6.45, 7) is 10.5. The number of nitrogens with zero attached hydrogens (tertiary/aromatic N) is 1. The first kappa shape index (κ1) is 15.8. The molecule has 4 heteroatoms. The smallest absolute Gasteiger partial charge is 0.408 e. The lowest BCUT2D eigenvalue weighted by atomic mass is 10.0. The largest absolute Gasteiger partial charge is 0.444 e. The lowest BCUT2D eigenvalue weighted by Crippen LogP contribution is -2.49. The van der Waals surface area contributed by atoms with E-state index in [2.05, 4.69) is 41.4 Å². The van der Waals surface area contributed by atoms with Gasteiger partial charge in [0.05, 0.1) is 5.54 Å². The van der Waals surface area contributed by atoms with Crippen molar-refractivity contribution < 1.29 is 9.53 Å². The molecular weight excluding hydrogens is 264 g/mol. The van der Waals surface area contributed by atoms with Crippen LogP contribution in [0.3, 0.4) is 0 Å². The Morgan fingerprint density at radius 1 is 1.33 bits per heavy atom. The minimum absolute atomic E-state index is 0.211. The minimum Gasteiger partial charge on any atom is -0.444 e. The van der Waals surface area contributed by atoms with Crippen molar-refractivity contribution in [3.63, 3.8) is 0 Å². The van der Waals surface area contributed by atoms with Crippen LogP contribution in [0.5, 0.6) is 0 Å². The van der Waals surface area contributed by atoms with Crippen LogP contribution in [0.25, 0.3) is 0 Å². The third-order valence-corrected chi connectivity index (χ3v) is 3.60. The van der Waals surface area contributed by atoms with Gasteiger partial charge >= 0.3 is 6.09 Å². The Morgan fingerprint density at radius 2 is 2.00 bits per heavy atom. The molecule has 0 unspecified atom stereocenters. The number of nitrogens with one attached hydrogen (secondary N) is 1. The van der Waals surface area contributed by atoms with E-state index in [0.717, 1.165) is 26.1 Å². The molecule has 1 heterocycles. The van der Waals surface area contributed by atoms with E-state index < -0.39 is 5.60 Å². The van der Waals surface area contributed by atoms with Gasteiger partial charge in [0.1, 0.15) is 5.60 Å². The molecule has 0 aromatic heterocycles. The number of likely N-dealkylation sites (tertiary alicyclic amines) is 1. The summed E-state index contributed by atoms with van der Waals surface area (Å²) >= 11 is 0. The van der Waals surface area contributed by atoms with Gasteiger partial charge in [0.25, 0.3) is 0 Å². The fourth-order valence-electron chi connectivity index (χ4n) is 2.69. The summed E-state index contributed by atoms with van der Waals surface area (Å²) in [4.78, 5) is 14.3. The van der Waals surface area contributed by atoms with Gasteiger partial charge in [-0.15, -0.1) is 0 Å². The molecule has 1 fully saturated rings. The maximum Gasteiger partial charge on any atom is 0.408 e. The number of hydrogen-bond donors (Lipinski definition) is 1. The molecule has 2 rings (SSSR count). The Labute approximate surface area is 127 Å². The molecule has 1 aromatic rings. The zero-order valence-electron chi connectivity index (χ0n) is 13.5. The molecular formula is C17H26N2O2. The molecule has 1 aliphatic rings. The van der Waals surface area contributed by atoms with E-state index >= 15 is 0 Å². The van der Waals surface area contributed by atoms with Crippen molar-refractivity contribution in [2.24, 2.45) is 0 Å². The summed E-state index contributed by atoms with van der Waals surface area (Å²) in [5.41, 5.74) is 0.638. The van der Waals surface area contributed by atoms with Crippen LogP contribution >= 0.6 is 0 Å². The normalized spacial score (nSPS) is 23.0. The molecule has 1 saturated heterocycles. The van der Waals surface area contributed by atoms with E-state index in [1.54, 1.807) is 0 Å². The number of hydrogen-bond acceptors (Lipinski definition) is 3. The molecule has 1 amide bonds. The Hall–Kier alpha value is -1.55. The van der Waals surface area contributed by atoms with Gasteiger partial charge in [0.2, 0.25) is 0 Å². The first-order chi connectivity index (χ1) is 9.76.